The van der Waals surface area contributed by atoms with Gasteiger partial charge < -0.3 is 19.5 Å². The predicted molar refractivity (Wildman–Crippen MR) is 73.2 cm³/mol. The quantitative estimate of drug-likeness (QED) is 0.781. The third kappa shape index (κ3) is 5.18. The van der Waals surface area contributed by atoms with Crippen molar-refractivity contribution in [2.75, 3.05) is 33.9 Å². The number of aromatic carboxylic acids is 1. The Kier molecular flexibility index (Phi) is 6.15. The van der Waals surface area contributed by atoms with Crippen LogP contribution in [0.5, 0.6) is 11.5 Å². The van der Waals surface area contributed by atoms with Crippen LogP contribution in [0.25, 0.3) is 0 Å². The highest BCUT2D eigenvalue weighted by atomic mass is 16.5. The molecule has 0 heterocycles. The van der Waals surface area contributed by atoms with Gasteiger partial charge in [0, 0.05) is 12.6 Å². The van der Waals surface area contributed by atoms with Crippen molar-refractivity contribution < 1.29 is 19.4 Å². The summed E-state index contributed by atoms with van der Waals surface area (Å²) in [4.78, 5) is 13.1. The van der Waals surface area contributed by atoms with Crippen molar-refractivity contribution in [3.8, 4) is 11.5 Å². The Bertz CT molecular complexity index is 418. The first-order valence-corrected chi connectivity index (χ1v) is 6.32. The number of ether oxygens (including phenoxy) is 2. The predicted octanol–water partition coefficient (Wildman–Crippen LogP) is 2.11. The molecule has 0 saturated carbocycles. The lowest BCUT2D eigenvalue weighted by Gasteiger charge is -2.14. The molecule has 0 spiro atoms. The number of likely N-dealkylation sites (N-methyl/N-ethyl adjacent to an activating group) is 1. The number of carbonyl (C=O) groups is 1. The second-order valence-electron chi connectivity index (χ2n) is 4.46. The van der Waals surface area contributed by atoms with E-state index in [0.29, 0.717) is 24.7 Å². The van der Waals surface area contributed by atoms with Crippen molar-refractivity contribution in [3.05, 3.63) is 23.8 Å². The van der Waals surface area contributed by atoms with Crippen LogP contribution < -0.4 is 9.47 Å². The second-order valence-corrected chi connectivity index (χ2v) is 4.46. The number of carboxylic acid groups (broad SMARTS) is 1. The summed E-state index contributed by atoms with van der Waals surface area (Å²) in [6.45, 7) is 3.77. The van der Waals surface area contributed by atoms with E-state index in [9.17, 15) is 4.79 Å². The number of hydrogen-bond donors (Lipinski definition) is 1. The largest absolute Gasteiger partial charge is 0.493 e. The lowest BCUT2D eigenvalue weighted by atomic mass is 10.2. The van der Waals surface area contributed by atoms with Crippen LogP contribution in [0, 0.1) is 0 Å². The Hall–Kier alpha value is -1.75. The molecule has 0 radical (unpaired) electrons. The van der Waals surface area contributed by atoms with Gasteiger partial charge in [-0.25, -0.2) is 4.79 Å². The third-order valence-corrected chi connectivity index (χ3v) is 2.45. The van der Waals surface area contributed by atoms with Gasteiger partial charge in [-0.1, -0.05) is 6.92 Å². The second kappa shape index (κ2) is 7.63. The van der Waals surface area contributed by atoms with Gasteiger partial charge in [-0.05, 0) is 32.6 Å². The van der Waals surface area contributed by atoms with Gasteiger partial charge in [0.2, 0.25) is 0 Å². The van der Waals surface area contributed by atoms with E-state index in [1.54, 1.807) is 12.1 Å². The smallest absolute Gasteiger partial charge is 0.339 e. The van der Waals surface area contributed by atoms with Crippen LogP contribution in [-0.4, -0.2) is 49.8 Å². The van der Waals surface area contributed by atoms with Crippen molar-refractivity contribution in [2.24, 2.45) is 0 Å². The summed E-state index contributed by atoms with van der Waals surface area (Å²) < 4.78 is 11.0. The number of benzene rings is 1. The van der Waals surface area contributed by atoms with Crippen LogP contribution >= 0.6 is 0 Å². The molecule has 1 N–H and O–H groups in total. The fraction of sp³-hybridized carbons (Fsp3) is 0.500. The zero-order valence-corrected chi connectivity index (χ0v) is 11.7. The van der Waals surface area contributed by atoms with Crippen molar-refractivity contribution in [2.45, 2.75) is 13.3 Å². The maximum atomic E-state index is 11.1. The van der Waals surface area contributed by atoms with Gasteiger partial charge in [0.25, 0.3) is 0 Å². The average Bonchev–Trinajstić information content (AvgIpc) is 2.35. The molecule has 0 saturated heterocycles. The zero-order valence-electron chi connectivity index (χ0n) is 11.7. The summed E-state index contributed by atoms with van der Waals surface area (Å²) in [6, 6.07) is 4.80. The molecule has 1 rings (SSSR count). The molecule has 1 aromatic carbocycles. The summed E-state index contributed by atoms with van der Waals surface area (Å²) >= 11 is 0. The standard InChI is InChI=1S/C14H21NO4/c1-4-8-18-11-5-6-12(14(16)17)13(10-11)19-9-7-15(2)3/h5-6,10H,4,7-9H2,1-3H3,(H,16,17). The lowest BCUT2D eigenvalue weighted by molar-refractivity contribution is 0.0692. The van der Waals surface area contributed by atoms with Crippen LogP contribution in [0.15, 0.2) is 18.2 Å². The minimum Gasteiger partial charge on any atom is -0.493 e. The van der Waals surface area contributed by atoms with E-state index in [1.807, 2.05) is 25.9 Å². The molecular weight excluding hydrogens is 246 g/mol. The Morgan fingerprint density at radius 1 is 1.26 bits per heavy atom. The van der Waals surface area contributed by atoms with E-state index in [-0.39, 0.29) is 5.56 Å². The highest BCUT2D eigenvalue weighted by Gasteiger charge is 2.12. The summed E-state index contributed by atoms with van der Waals surface area (Å²) in [5.41, 5.74) is 0.155. The highest BCUT2D eigenvalue weighted by molar-refractivity contribution is 5.91. The first kappa shape index (κ1) is 15.3. The Morgan fingerprint density at radius 3 is 2.58 bits per heavy atom. The molecule has 0 aliphatic rings. The summed E-state index contributed by atoms with van der Waals surface area (Å²) in [6.07, 6.45) is 0.900. The summed E-state index contributed by atoms with van der Waals surface area (Å²) in [5, 5.41) is 9.11. The zero-order chi connectivity index (χ0) is 14.3. The molecule has 0 aromatic heterocycles. The fourth-order valence-corrected chi connectivity index (χ4v) is 1.45. The molecule has 0 atom stereocenters. The molecule has 106 valence electrons. The maximum Gasteiger partial charge on any atom is 0.339 e. The van der Waals surface area contributed by atoms with Crippen molar-refractivity contribution in [1.29, 1.82) is 0 Å². The van der Waals surface area contributed by atoms with Crippen molar-refractivity contribution in [3.63, 3.8) is 0 Å². The molecule has 19 heavy (non-hydrogen) atoms. The molecule has 0 unspecified atom stereocenters. The Labute approximate surface area is 113 Å². The normalized spacial score (nSPS) is 10.5. The molecule has 0 amide bonds. The number of carboxylic acids is 1. The highest BCUT2D eigenvalue weighted by Crippen LogP contribution is 2.25. The van der Waals surface area contributed by atoms with Gasteiger partial charge in [0.1, 0.15) is 23.7 Å². The maximum absolute atomic E-state index is 11.1. The fourth-order valence-electron chi connectivity index (χ4n) is 1.45. The van der Waals surface area contributed by atoms with Crippen LogP contribution in [0.1, 0.15) is 23.7 Å². The van der Waals surface area contributed by atoms with E-state index in [2.05, 4.69) is 0 Å². The molecule has 0 aliphatic heterocycles. The molecule has 1 aromatic rings. The van der Waals surface area contributed by atoms with E-state index in [4.69, 9.17) is 14.6 Å². The van der Waals surface area contributed by atoms with Gasteiger partial charge in [-0.3, -0.25) is 0 Å². The molecular formula is C14H21NO4. The summed E-state index contributed by atoms with van der Waals surface area (Å²) in [7, 11) is 3.87. The Balaban J connectivity index is 2.79. The minimum atomic E-state index is -0.998. The van der Waals surface area contributed by atoms with E-state index < -0.39 is 5.97 Å². The first-order valence-electron chi connectivity index (χ1n) is 6.32. The van der Waals surface area contributed by atoms with E-state index in [0.717, 1.165) is 13.0 Å². The van der Waals surface area contributed by atoms with Crippen LogP contribution in [-0.2, 0) is 0 Å². The van der Waals surface area contributed by atoms with E-state index in [1.165, 1.54) is 6.07 Å². The van der Waals surface area contributed by atoms with Gasteiger partial charge in [0.15, 0.2) is 0 Å². The molecule has 0 aliphatic carbocycles. The SMILES string of the molecule is CCCOc1ccc(C(=O)O)c(OCCN(C)C)c1. The molecule has 0 bridgehead atoms. The van der Waals surface area contributed by atoms with Gasteiger partial charge in [-0.2, -0.15) is 0 Å². The van der Waals surface area contributed by atoms with Gasteiger partial charge >= 0.3 is 5.97 Å². The lowest BCUT2D eigenvalue weighted by Crippen LogP contribution is -2.20. The molecule has 5 heteroatoms. The van der Waals surface area contributed by atoms with Crippen molar-refractivity contribution in [1.82, 2.24) is 4.90 Å². The van der Waals surface area contributed by atoms with Crippen LogP contribution in [0.2, 0.25) is 0 Å². The number of rotatable bonds is 8. The number of hydrogen-bond acceptors (Lipinski definition) is 4. The van der Waals surface area contributed by atoms with Crippen LogP contribution in [0.4, 0.5) is 0 Å². The number of nitrogens with zero attached hydrogens (tertiary/aromatic N) is 1. The average molecular weight is 267 g/mol. The monoisotopic (exact) mass is 267 g/mol. The third-order valence-electron chi connectivity index (χ3n) is 2.45. The van der Waals surface area contributed by atoms with E-state index >= 15 is 0 Å². The first-order chi connectivity index (χ1) is 9.04. The van der Waals surface area contributed by atoms with Gasteiger partial charge in [0.05, 0.1) is 6.61 Å². The molecule has 0 fully saturated rings. The molecule has 5 nitrogen and oxygen atoms in total. The minimum absolute atomic E-state index is 0.155. The topological polar surface area (TPSA) is 59.0 Å². The van der Waals surface area contributed by atoms with Crippen molar-refractivity contribution >= 4 is 5.97 Å². The van der Waals surface area contributed by atoms with Crippen LogP contribution in [0.3, 0.4) is 0 Å². The summed E-state index contributed by atoms with van der Waals surface area (Å²) in [5.74, 6) is -0.0171. The Morgan fingerprint density at radius 2 is 2.00 bits per heavy atom. The van der Waals surface area contributed by atoms with Gasteiger partial charge in [-0.15, -0.1) is 0 Å².